The molecule has 2 heterocycles. The number of aliphatic hydroxyl groups excluding tert-OH is 1. The lowest BCUT2D eigenvalue weighted by molar-refractivity contribution is -0.132. The van der Waals surface area contributed by atoms with Crippen LogP contribution in [0.1, 0.15) is 27.6 Å². The zero-order chi connectivity index (χ0) is 21.4. The number of benzene rings is 2. The van der Waals surface area contributed by atoms with E-state index in [9.17, 15) is 14.7 Å². The number of rotatable bonds is 4. The van der Waals surface area contributed by atoms with Gasteiger partial charge in [0.1, 0.15) is 17.6 Å². The Labute approximate surface area is 178 Å². The molecule has 1 unspecified atom stereocenters. The third kappa shape index (κ3) is 3.19. The molecule has 1 aliphatic heterocycles. The summed E-state index contributed by atoms with van der Waals surface area (Å²) in [6.45, 7) is 3.80. The first-order valence-corrected chi connectivity index (χ1v) is 10.4. The minimum Gasteiger partial charge on any atom is -0.507 e. The highest BCUT2D eigenvalue weighted by Crippen LogP contribution is 2.44. The first-order chi connectivity index (χ1) is 14.4. The largest absolute Gasteiger partial charge is 0.507 e. The summed E-state index contributed by atoms with van der Waals surface area (Å²) in [4.78, 5) is 28.5. The van der Waals surface area contributed by atoms with Gasteiger partial charge in [-0.1, -0.05) is 18.2 Å². The first kappa shape index (κ1) is 19.9. The number of carbonyl (C=O) groups is 2. The van der Waals surface area contributed by atoms with E-state index in [-0.39, 0.29) is 11.3 Å². The molecule has 0 radical (unpaired) electrons. The van der Waals surface area contributed by atoms with Crippen LogP contribution in [0.15, 0.2) is 65.6 Å². The van der Waals surface area contributed by atoms with Gasteiger partial charge in [0.15, 0.2) is 0 Å². The predicted molar refractivity (Wildman–Crippen MR) is 118 cm³/mol. The monoisotopic (exact) mass is 419 g/mol. The van der Waals surface area contributed by atoms with E-state index in [1.807, 2.05) is 43.5 Å². The lowest BCUT2D eigenvalue weighted by Crippen LogP contribution is -2.29. The molecule has 1 fully saturated rings. The van der Waals surface area contributed by atoms with Gasteiger partial charge in [-0.2, -0.15) is 0 Å². The third-order valence-corrected chi connectivity index (χ3v) is 6.37. The molecular weight excluding hydrogens is 398 g/mol. The van der Waals surface area contributed by atoms with Crippen molar-refractivity contribution in [2.75, 3.05) is 12.0 Å². The van der Waals surface area contributed by atoms with Crippen LogP contribution in [0, 0.1) is 13.8 Å². The lowest BCUT2D eigenvalue weighted by Gasteiger charge is -2.25. The van der Waals surface area contributed by atoms with Crippen molar-refractivity contribution < 1.29 is 19.4 Å². The molecule has 0 aliphatic carbocycles. The van der Waals surface area contributed by atoms with Crippen molar-refractivity contribution >= 4 is 34.5 Å². The minimum atomic E-state index is -0.692. The second-order valence-electron chi connectivity index (χ2n) is 7.16. The maximum Gasteiger partial charge on any atom is 0.300 e. The number of thiophene rings is 1. The van der Waals surface area contributed by atoms with Crippen LogP contribution in [0.3, 0.4) is 0 Å². The zero-order valence-electron chi connectivity index (χ0n) is 16.9. The molecule has 0 saturated carbocycles. The number of amides is 1. The second kappa shape index (κ2) is 7.80. The van der Waals surface area contributed by atoms with Crippen LogP contribution < -0.4 is 9.64 Å². The van der Waals surface area contributed by atoms with Crippen molar-refractivity contribution in [3.05, 3.63) is 87.1 Å². The number of para-hydroxylation sites is 1. The van der Waals surface area contributed by atoms with E-state index in [2.05, 4.69) is 0 Å². The van der Waals surface area contributed by atoms with Crippen LogP contribution >= 0.6 is 11.3 Å². The molecule has 5 nitrogen and oxygen atoms in total. The van der Waals surface area contributed by atoms with E-state index in [1.165, 1.54) is 16.2 Å². The Hall–Kier alpha value is -3.38. The Morgan fingerprint density at radius 2 is 1.77 bits per heavy atom. The molecule has 6 heteroatoms. The highest BCUT2D eigenvalue weighted by molar-refractivity contribution is 7.10. The van der Waals surface area contributed by atoms with Crippen molar-refractivity contribution in [1.82, 2.24) is 0 Å². The fourth-order valence-electron chi connectivity index (χ4n) is 3.78. The summed E-state index contributed by atoms with van der Waals surface area (Å²) in [6.07, 6.45) is 0. The van der Waals surface area contributed by atoms with Crippen LogP contribution in [0.5, 0.6) is 5.75 Å². The average molecular weight is 420 g/mol. The van der Waals surface area contributed by atoms with Crippen molar-refractivity contribution in [2.45, 2.75) is 19.9 Å². The molecule has 1 saturated heterocycles. The molecular formula is C24H21NO4S. The molecule has 1 aliphatic rings. The molecule has 3 aromatic rings. The van der Waals surface area contributed by atoms with Crippen molar-refractivity contribution in [3.63, 3.8) is 0 Å². The molecule has 4 rings (SSSR count). The van der Waals surface area contributed by atoms with Gasteiger partial charge in [-0.25, -0.2) is 0 Å². The number of aryl methyl sites for hydroxylation is 2. The molecule has 1 N–H and O–H groups in total. The number of aliphatic hydroxyl groups is 1. The fraction of sp³-hybridized carbons (Fsp3) is 0.167. The number of carbonyl (C=O) groups excluding carboxylic acids is 2. The van der Waals surface area contributed by atoms with Crippen molar-refractivity contribution in [1.29, 1.82) is 0 Å². The smallest absolute Gasteiger partial charge is 0.300 e. The standard InChI is InChI=1S/C24H21NO4S/c1-14-11-12-30-23(14)20-19(21(26)16-9-10-18(29-3)15(2)13-16)22(27)24(28)25(20)17-7-5-4-6-8-17/h4-13,20,26H,1-3H3/b21-19-. The Morgan fingerprint density at radius 1 is 1.03 bits per heavy atom. The van der Waals surface area contributed by atoms with Crippen LogP contribution in [0.2, 0.25) is 0 Å². The maximum absolute atomic E-state index is 13.1. The molecule has 0 spiro atoms. The third-order valence-electron chi connectivity index (χ3n) is 5.30. The van der Waals surface area contributed by atoms with Crippen molar-refractivity contribution in [2.24, 2.45) is 0 Å². The normalized spacial score (nSPS) is 18.1. The predicted octanol–water partition coefficient (Wildman–Crippen LogP) is 5.00. The number of methoxy groups -OCH3 is 1. The van der Waals surface area contributed by atoms with E-state index in [1.54, 1.807) is 37.4 Å². The van der Waals surface area contributed by atoms with E-state index < -0.39 is 17.7 Å². The van der Waals surface area contributed by atoms with E-state index in [0.717, 1.165) is 16.0 Å². The Morgan fingerprint density at radius 3 is 2.37 bits per heavy atom. The molecule has 2 aromatic carbocycles. The van der Waals surface area contributed by atoms with E-state index in [0.29, 0.717) is 17.0 Å². The molecule has 1 amide bonds. The summed E-state index contributed by atoms with van der Waals surface area (Å²) in [5.74, 6) is -0.842. The summed E-state index contributed by atoms with van der Waals surface area (Å²) in [7, 11) is 1.58. The van der Waals surface area contributed by atoms with Gasteiger partial charge < -0.3 is 9.84 Å². The van der Waals surface area contributed by atoms with Gasteiger partial charge in [0.25, 0.3) is 11.7 Å². The van der Waals surface area contributed by atoms with Gasteiger partial charge in [-0.15, -0.1) is 11.3 Å². The van der Waals surface area contributed by atoms with Gasteiger partial charge in [-0.05, 0) is 66.8 Å². The topological polar surface area (TPSA) is 66.8 Å². The van der Waals surface area contributed by atoms with E-state index in [4.69, 9.17) is 4.74 Å². The zero-order valence-corrected chi connectivity index (χ0v) is 17.7. The summed E-state index contributed by atoms with van der Waals surface area (Å²) in [5, 5.41) is 13.1. The Balaban J connectivity index is 1.94. The highest BCUT2D eigenvalue weighted by atomic mass is 32.1. The minimum absolute atomic E-state index is 0.0963. The van der Waals surface area contributed by atoms with Gasteiger partial charge in [0, 0.05) is 16.1 Å². The van der Waals surface area contributed by atoms with Crippen LogP contribution in [0.4, 0.5) is 5.69 Å². The fourth-order valence-corrected chi connectivity index (χ4v) is 4.81. The highest BCUT2D eigenvalue weighted by Gasteiger charge is 2.47. The lowest BCUT2D eigenvalue weighted by atomic mass is 9.97. The van der Waals surface area contributed by atoms with Gasteiger partial charge >= 0.3 is 0 Å². The van der Waals surface area contributed by atoms with E-state index >= 15 is 0 Å². The number of ketones is 1. The number of anilines is 1. The summed E-state index contributed by atoms with van der Waals surface area (Å²) >= 11 is 1.46. The average Bonchev–Trinajstić information content (AvgIpc) is 3.28. The number of nitrogens with zero attached hydrogens (tertiary/aromatic N) is 1. The van der Waals surface area contributed by atoms with Gasteiger partial charge in [0.05, 0.1) is 12.7 Å². The number of hydrogen-bond acceptors (Lipinski definition) is 5. The van der Waals surface area contributed by atoms with Crippen molar-refractivity contribution in [3.8, 4) is 5.75 Å². The molecule has 30 heavy (non-hydrogen) atoms. The second-order valence-corrected chi connectivity index (χ2v) is 8.10. The van der Waals surface area contributed by atoms with Gasteiger partial charge in [0.2, 0.25) is 0 Å². The Kier molecular flexibility index (Phi) is 5.18. The van der Waals surface area contributed by atoms with Crippen LogP contribution in [0.25, 0.3) is 5.76 Å². The van der Waals surface area contributed by atoms with Crippen LogP contribution in [-0.4, -0.2) is 23.9 Å². The summed E-state index contributed by atoms with van der Waals surface area (Å²) < 4.78 is 5.29. The maximum atomic E-state index is 13.1. The number of ether oxygens (including phenoxy) is 1. The molecule has 1 aromatic heterocycles. The number of Topliss-reactive ketones (excluding diaryl/α,β-unsaturated/α-hetero) is 1. The molecule has 152 valence electrons. The molecule has 1 atom stereocenters. The quantitative estimate of drug-likeness (QED) is 0.367. The summed E-state index contributed by atoms with van der Waals surface area (Å²) in [6, 6.07) is 15.5. The molecule has 0 bridgehead atoms. The SMILES string of the molecule is COc1ccc(/C(O)=C2/C(=O)C(=O)N(c3ccccc3)C2c2sccc2C)cc1C. The summed E-state index contributed by atoms with van der Waals surface area (Å²) in [5.41, 5.74) is 2.97. The van der Waals surface area contributed by atoms with Gasteiger partial charge in [-0.3, -0.25) is 14.5 Å². The Bertz CT molecular complexity index is 1160. The first-order valence-electron chi connectivity index (χ1n) is 9.49. The number of hydrogen-bond donors (Lipinski definition) is 1. The van der Waals surface area contributed by atoms with Crippen LogP contribution in [-0.2, 0) is 9.59 Å².